The number of hydrogen-bond acceptors (Lipinski definition) is 4. The third-order valence-electron chi connectivity index (χ3n) is 2.36. The highest BCUT2D eigenvalue weighted by Crippen LogP contribution is 2.18. The molecule has 0 aliphatic heterocycles. The monoisotopic (exact) mass is 265 g/mol. The molecule has 0 saturated carbocycles. The van der Waals surface area contributed by atoms with Crippen LogP contribution in [0.4, 0.5) is 3.89 Å². The van der Waals surface area contributed by atoms with Crippen molar-refractivity contribution in [1.29, 1.82) is 0 Å². The van der Waals surface area contributed by atoms with Crippen molar-refractivity contribution in [3.05, 3.63) is 48.1 Å². The van der Waals surface area contributed by atoms with E-state index in [1.54, 1.807) is 0 Å². The van der Waals surface area contributed by atoms with Gasteiger partial charge in [-0.1, -0.05) is 24.8 Å². The quantitative estimate of drug-likeness (QED) is 0.832. The smallest absolute Gasteiger partial charge is 0.189 e. The van der Waals surface area contributed by atoms with Crippen LogP contribution in [0.2, 0.25) is 0 Å². The summed E-state index contributed by atoms with van der Waals surface area (Å²) >= 11 is -0.0138. The summed E-state index contributed by atoms with van der Waals surface area (Å²) in [6.07, 6.45) is 1.46. The van der Waals surface area contributed by atoms with Crippen LogP contribution >= 0.6 is 12.3 Å². The Labute approximate surface area is 109 Å². The highest BCUT2D eigenvalue weighted by Gasteiger charge is 2.10. The molecule has 4 nitrogen and oxygen atoms in total. The second-order valence-corrected chi connectivity index (χ2v) is 4.07. The maximum absolute atomic E-state index is 12.6. The molecule has 94 valence electrons. The Bertz CT molecular complexity index is 556. The van der Waals surface area contributed by atoms with E-state index in [1.807, 2.05) is 31.2 Å². The summed E-state index contributed by atoms with van der Waals surface area (Å²) in [5.74, 6) is 1.53. The summed E-state index contributed by atoms with van der Waals surface area (Å²) in [6, 6.07) is 7.61. The lowest BCUT2D eigenvalue weighted by molar-refractivity contribution is 0.292. The van der Waals surface area contributed by atoms with Gasteiger partial charge in [-0.25, -0.2) is 4.98 Å². The fourth-order valence-electron chi connectivity index (χ4n) is 1.44. The Balaban J connectivity index is 2.12. The second-order valence-electron chi connectivity index (χ2n) is 3.59. The van der Waals surface area contributed by atoms with E-state index in [-0.39, 0.29) is 18.9 Å². The third kappa shape index (κ3) is 2.70. The topological polar surface area (TPSA) is 39.9 Å². The molecule has 0 saturated heterocycles. The van der Waals surface area contributed by atoms with Crippen LogP contribution in [-0.2, 0) is 6.61 Å². The zero-order valence-electron chi connectivity index (χ0n) is 9.84. The summed E-state index contributed by atoms with van der Waals surface area (Å²) < 4.78 is 19.3. The lowest BCUT2D eigenvalue weighted by atomic mass is 10.2. The Morgan fingerprint density at radius 3 is 2.94 bits per heavy atom. The van der Waals surface area contributed by atoms with Crippen LogP contribution in [0.25, 0.3) is 6.08 Å². The van der Waals surface area contributed by atoms with Crippen LogP contribution in [0.15, 0.2) is 30.8 Å². The van der Waals surface area contributed by atoms with Gasteiger partial charge in [0.25, 0.3) is 0 Å². The van der Waals surface area contributed by atoms with Gasteiger partial charge >= 0.3 is 0 Å². The molecule has 0 unspecified atom stereocenters. The van der Waals surface area contributed by atoms with Crippen molar-refractivity contribution in [2.45, 2.75) is 13.5 Å². The zero-order valence-corrected chi connectivity index (χ0v) is 10.7. The first-order chi connectivity index (χ1) is 8.74. The minimum atomic E-state index is -0.0138. The normalized spacial score (nSPS) is 10.3. The van der Waals surface area contributed by atoms with Gasteiger partial charge in [-0.3, -0.25) is 0 Å². The lowest BCUT2D eigenvalue weighted by Gasteiger charge is -2.07. The summed E-state index contributed by atoms with van der Waals surface area (Å²) in [4.78, 5) is 4.09. The molecule has 0 aliphatic rings. The lowest BCUT2D eigenvalue weighted by Crippen LogP contribution is -2.03. The average Bonchev–Trinajstić information content (AvgIpc) is 2.80. The van der Waals surface area contributed by atoms with Crippen LogP contribution in [0, 0.1) is 6.92 Å². The van der Waals surface area contributed by atoms with Gasteiger partial charge in [-0.05, 0) is 24.6 Å². The highest BCUT2D eigenvalue weighted by atomic mass is 32.2. The van der Waals surface area contributed by atoms with E-state index in [0.717, 1.165) is 15.4 Å². The van der Waals surface area contributed by atoms with Crippen LogP contribution in [0.5, 0.6) is 5.75 Å². The first-order valence-electron chi connectivity index (χ1n) is 5.30. The molecule has 0 amide bonds. The largest absolute Gasteiger partial charge is 0.485 e. The van der Waals surface area contributed by atoms with Gasteiger partial charge in [-0.15, -0.1) is 8.98 Å². The first kappa shape index (κ1) is 12.6. The van der Waals surface area contributed by atoms with E-state index >= 15 is 0 Å². The summed E-state index contributed by atoms with van der Waals surface area (Å²) in [5.41, 5.74) is 1.01. The molecule has 2 rings (SSSR count). The molecule has 1 heterocycles. The van der Waals surface area contributed by atoms with Gasteiger partial charge in [0, 0.05) is 0 Å². The van der Waals surface area contributed by atoms with Gasteiger partial charge in [-0.2, -0.15) is 4.09 Å². The van der Waals surface area contributed by atoms with Gasteiger partial charge in [0.15, 0.2) is 24.0 Å². The summed E-state index contributed by atoms with van der Waals surface area (Å²) in [5, 5.41) is 3.88. The second kappa shape index (κ2) is 5.68. The Morgan fingerprint density at radius 2 is 2.28 bits per heavy atom. The van der Waals surface area contributed by atoms with Crippen molar-refractivity contribution in [2.24, 2.45) is 0 Å². The molecule has 0 bridgehead atoms. The van der Waals surface area contributed by atoms with Crippen LogP contribution in [0.1, 0.15) is 17.2 Å². The molecule has 1 aromatic heterocycles. The van der Waals surface area contributed by atoms with E-state index < -0.39 is 0 Å². The molecule has 2 aromatic rings. The van der Waals surface area contributed by atoms with E-state index in [1.165, 1.54) is 6.08 Å². The Hall–Kier alpha value is -1.82. The molecule has 6 heteroatoms. The molecule has 18 heavy (non-hydrogen) atoms. The molecule has 0 aliphatic carbocycles. The van der Waals surface area contributed by atoms with Crippen molar-refractivity contribution in [1.82, 2.24) is 14.2 Å². The summed E-state index contributed by atoms with van der Waals surface area (Å²) in [6.45, 7) is 5.64. The number of aromatic nitrogens is 3. The molecule has 0 N–H and O–H groups in total. The van der Waals surface area contributed by atoms with E-state index in [4.69, 9.17) is 4.74 Å². The van der Waals surface area contributed by atoms with Gasteiger partial charge in [0.2, 0.25) is 0 Å². The van der Waals surface area contributed by atoms with Gasteiger partial charge in [0.05, 0.1) is 0 Å². The Morgan fingerprint density at radius 1 is 1.50 bits per heavy atom. The minimum absolute atomic E-state index is 0.0138. The van der Waals surface area contributed by atoms with Crippen LogP contribution in [0.3, 0.4) is 0 Å². The molecule has 1 aromatic carbocycles. The number of hydrogen-bond donors (Lipinski definition) is 0. The third-order valence-corrected chi connectivity index (χ3v) is 2.78. The van der Waals surface area contributed by atoms with Crippen molar-refractivity contribution >= 4 is 18.4 Å². The number of ether oxygens (including phenoxy) is 1. The van der Waals surface area contributed by atoms with Crippen molar-refractivity contribution < 1.29 is 8.62 Å². The number of halogens is 1. The minimum Gasteiger partial charge on any atom is -0.485 e. The van der Waals surface area contributed by atoms with Crippen LogP contribution in [-0.4, -0.2) is 14.2 Å². The molecule has 0 radical (unpaired) electrons. The molecule has 0 fully saturated rings. The standard InChI is InChI=1S/C12H12FN3OS/c1-3-11-14-12(16(15-11)18-13)8-17-10-7-5-4-6-9(10)2/h3-7H,1,8H2,2H3. The predicted molar refractivity (Wildman–Crippen MR) is 69.7 cm³/mol. The molecular weight excluding hydrogens is 253 g/mol. The number of nitrogens with zero attached hydrogens (tertiary/aromatic N) is 3. The fraction of sp³-hybridized carbons (Fsp3) is 0.167. The highest BCUT2D eigenvalue weighted by molar-refractivity contribution is 7.92. The fourth-order valence-corrected chi connectivity index (χ4v) is 1.73. The van der Waals surface area contributed by atoms with Crippen molar-refractivity contribution in [3.8, 4) is 5.75 Å². The molecule has 0 spiro atoms. The van der Waals surface area contributed by atoms with Gasteiger partial charge in [0.1, 0.15) is 12.4 Å². The van der Waals surface area contributed by atoms with E-state index in [2.05, 4.69) is 16.7 Å². The molecular formula is C12H12FN3OS. The predicted octanol–water partition coefficient (Wildman–Crippen LogP) is 3.19. The van der Waals surface area contributed by atoms with Gasteiger partial charge < -0.3 is 4.74 Å². The number of para-hydroxylation sites is 1. The maximum Gasteiger partial charge on any atom is 0.189 e. The van der Waals surface area contributed by atoms with E-state index in [9.17, 15) is 3.89 Å². The molecule has 0 atom stereocenters. The number of benzene rings is 1. The first-order valence-corrected chi connectivity index (χ1v) is 5.98. The van der Waals surface area contributed by atoms with E-state index in [0.29, 0.717) is 11.6 Å². The number of aryl methyl sites for hydroxylation is 1. The average molecular weight is 265 g/mol. The Kier molecular flexibility index (Phi) is 3.99. The number of rotatable bonds is 5. The van der Waals surface area contributed by atoms with Crippen LogP contribution < -0.4 is 4.74 Å². The van der Waals surface area contributed by atoms with Crippen molar-refractivity contribution in [3.63, 3.8) is 0 Å². The SMILES string of the molecule is C=Cc1nc(COc2ccccc2C)n(SF)n1. The van der Waals surface area contributed by atoms with Crippen molar-refractivity contribution in [2.75, 3.05) is 0 Å². The zero-order chi connectivity index (χ0) is 13.0. The maximum atomic E-state index is 12.6. The summed E-state index contributed by atoms with van der Waals surface area (Å²) in [7, 11) is 0.